The van der Waals surface area contributed by atoms with Gasteiger partial charge in [-0.05, 0) is 41.3 Å². The second-order valence-electron chi connectivity index (χ2n) is 9.07. The number of imide groups is 1. The van der Waals surface area contributed by atoms with E-state index in [1.165, 1.54) is 11.8 Å². The maximum absolute atomic E-state index is 14.1. The van der Waals surface area contributed by atoms with Crippen LogP contribution in [-0.2, 0) is 19.8 Å². The average Bonchev–Trinajstić information content (AvgIpc) is 3.41. The van der Waals surface area contributed by atoms with Gasteiger partial charge in [-0.25, -0.2) is 4.90 Å². The molecule has 3 aromatic rings. The number of hydrogen-bond donors (Lipinski definition) is 0. The predicted molar refractivity (Wildman–Crippen MR) is 118 cm³/mol. The number of ketones is 1. The van der Waals surface area contributed by atoms with Gasteiger partial charge in [0.05, 0.1) is 22.9 Å². The molecule has 3 aliphatic carbocycles. The topological polar surface area (TPSA) is 72.9 Å². The molecule has 2 amide bonds. The number of anilines is 1. The highest BCUT2D eigenvalue weighted by Gasteiger charge is 2.70. The van der Waals surface area contributed by atoms with Crippen LogP contribution < -0.4 is 14.4 Å². The number of rotatable bonds is 2. The quantitative estimate of drug-likeness (QED) is 0.574. The molecule has 0 spiro atoms. The predicted octanol–water partition coefficient (Wildman–Crippen LogP) is 3.56. The number of ether oxygens (including phenoxy) is 2. The Balaban J connectivity index is 1.50. The molecule has 1 saturated heterocycles. The van der Waals surface area contributed by atoms with Crippen LogP contribution >= 0.6 is 0 Å². The van der Waals surface area contributed by atoms with Crippen molar-refractivity contribution in [1.29, 1.82) is 0 Å². The van der Waals surface area contributed by atoms with Crippen LogP contribution in [-0.4, -0.2) is 24.4 Å². The van der Waals surface area contributed by atoms with E-state index in [4.69, 9.17) is 9.47 Å². The van der Waals surface area contributed by atoms with Gasteiger partial charge in [-0.2, -0.15) is 0 Å². The Morgan fingerprint density at radius 2 is 1.52 bits per heavy atom. The highest BCUT2D eigenvalue weighted by molar-refractivity contribution is 6.25. The number of amides is 2. The maximum Gasteiger partial charge on any atom is 0.239 e. The zero-order valence-corrected chi connectivity index (χ0v) is 17.8. The molecule has 8 rings (SSSR count). The van der Waals surface area contributed by atoms with Crippen molar-refractivity contribution in [3.05, 3.63) is 89.0 Å². The fraction of sp³-hybridized carbons (Fsp3) is 0.222. The van der Waals surface area contributed by atoms with Gasteiger partial charge >= 0.3 is 0 Å². The van der Waals surface area contributed by atoms with Gasteiger partial charge in [0.1, 0.15) is 5.78 Å². The van der Waals surface area contributed by atoms with Crippen molar-refractivity contribution in [2.24, 2.45) is 11.8 Å². The molecule has 3 aromatic carbocycles. The van der Waals surface area contributed by atoms with Crippen molar-refractivity contribution in [2.45, 2.75) is 18.3 Å². The lowest BCUT2D eigenvalue weighted by Gasteiger charge is -2.52. The zero-order chi connectivity index (χ0) is 22.5. The van der Waals surface area contributed by atoms with Crippen molar-refractivity contribution in [1.82, 2.24) is 0 Å². The minimum Gasteiger partial charge on any atom is -0.454 e. The molecule has 1 fully saturated rings. The van der Waals surface area contributed by atoms with Crippen LogP contribution in [0.15, 0.2) is 66.7 Å². The molecule has 33 heavy (non-hydrogen) atoms. The number of nitrogens with zero attached hydrogens (tertiary/aromatic N) is 1. The molecule has 2 bridgehead atoms. The molecule has 2 heterocycles. The van der Waals surface area contributed by atoms with Crippen molar-refractivity contribution >= 4 is 23.3 Å². The smallest absolute Gasteiger partial charge is 0.239 e. The van der Waals surface area contributed by atoms with Gasteiger partial charge in [0.15, 0.2) is 11.5 Å². The fourth-order valence-corrected chi connectivity index (χ4v) is 6.65. The molecule has 2 aliphatic heterocycles. The highest BCUT2D eigenvalue weighted by atomic mass is 16.7. The van der Waals surface area contributed by atoms with Crippen LogP contribution in [0.3, 0.4) is 0 Å². The number of benzene rings is 3. The molecular weight excluding hydrogens is 418 g/mol. The Hall–Kier alpha value is -3.93. The van der Waals surface area contributed by atoms with E-state index in [1.54, 1.807) is 18.2 Å². The van der Waals surface area contributed by atoms with Crippen molar-refractivity contribution in [2.75, 3.05) is 11.7 Å². The summed E-state index contributed by atoms with van der Waals surface area (Å²) in [6.07, 6.45) is 0. The molecule has 0 aromatic heterocycles. The third kappa shape index (κ3) is 2.02. The fourth-order valence-electron chi connectivity index (χ4n) is 6.65. The summed E-state index contributed by atoms with van der Waals surface area (Å²) in [6, 6.07) is 20.6. The second-order valence-corrected chi connectivity index (χ2v) is 9.07. The van der Waals surface area contributed by atoms with E-state index >= 15 is 0 Å². The molecule has 2 atom stereocenters. The molecule has 0 radical (unpaired) electrons. The highest BCUT2D eigenvalue weighted by Crippen LogP contribution is 2.64. The lowest BCUT2D eigenvalue weighted by Crippen LogP contribution is -2.57. The van der Waals surface area contributed by atoms with Gasteiger partial charge in [-0.1, -0.05) is 48.5 Å². The summed E-state index contributed by atoms with van der Waals surface area (Å²) < 4.78 is 10.9. The maximum atomic E-state index is 14.1. The SMILES string of the molecule is CC(=O)C12c3ccccc3C(c3ccccc31)[C@H]1C(=O)N(c3ccc4c(c3)OCO4)C(=O)[C@@H]12. The van der Waals surface area contributed by atoms with E-state index in [0.29, 0.717) is 17.2 Å². The van der Waals surface area contributed by atoms with Gasteiger partial charge in [0.25, 0.3) is 0 Å². The summed E-state index contributed by atoms with van der Waals surface area (Å²) in [5.74, 6) is -1.37. The van der Waals surface area contributed by atoms with E-state index in [2.05, 4.69) is 0 Å². The van der Waals surface area contributed by atoms with Gasteiger partial charge in [0, 0.05) is 12.0 Å². The van der Waals surface area contributed by atoms with Crippen LogP contribution in [0.1, 0.15) is 35.1 Å². The van der Waals surface area contributed by atoms with Crippen LogP contribution in [0.2, 0.25) is 0 Å². The Kier molecular flexibility index (Phi) is 3.44. The Labute approximate surface area is 189 Å². The van der Waals surface area contributed by atoms with Crippen LogP contribution in [0, 0.1) is 11.8 Å². The summed E-state index contributed by atoms with van der Waals surface area (Å²) in [6.45, 7) is 1.64. The number of carbonyl (C=O) groups is 3. The Morgan fingerprint density at radius 1 is 0.879 bits per heavy atom. The zero-order valence-electron chi connectivity index (χ0n) is 17.8. The second kappa shape index (κ2) is 6.10. The molecule has 5 aliphatic rings. The summed E-state index contributed by atoms with van der Waals surface area (Å²) in [5, 5.41) is 0. The first-order valence-electron chi connectivity index (χ1n) is 11.0. The van der Waals surface area contributed by atoms with Crippen molar-refractivity contribution in [3.63, 3.8) is 0 Å². The number of hydrogen-bond acceptors (Lipinski definition) is 5. The van der Waals surface area contributed by atoms with E-state index < -0.39 is 17.3 Å². The molecule has 0 N–H and O–H groups in total. The lowest BCUT2D eigenvalue weighted by molar-refractivity contribution is -0.132. The van der Waals surface area contributed by atoms with Gasteiger partial charge in [-0.15, -0.1) is 0 Å². The minimum absolute atomic E-state index is 0.103. The summed E-state index contributed by atoms with van der Waals surface area (Å²) in [4.78, 5) is 42.8. The first-order chi connectivity index (χ1) is 16.0. The van der Waals surface area contributed by atoms with Crippen molar-refractivity contribution in [3.8, 4) is 11.5 Å². The summed E-state index contributed by atoms with van der Waals surface area (Å²) in [5.41, 5.74) is 2.86. The third-order valence-electron chi connectivity index (χ3n) is 7.79. The van der Waals surface area contributed by atoms with E-state index in [9.17, 15) is 14.4 Å². The molecule has 6 nitrogen and oxygen atoms in total. The number of fused-ring (bicyclic) bond motifs is 1. The molecular formula is C27H19NO5. The number of carbonyl (C=O) groups excluding carboxylic acids is 3. The van der Waals surface area contributed by atoms with Gasteiger partial charge in [0.2, 0.25) is 18.6 Å². The van der Waals surface area contributed by atoms with E-state index in [-0.39, 0.29) is 30.3 Å². The van der Waals surface area contributed by atoms with Crippen LogP contribution in [0.5, 0.6) is 11.5 Å². The lowest BCUT2D eigenvalue weighted by atomic mass is 9.46. The molecule has 162 valence electrons. The van der Waals surface area contributed by atoms with Crippen LogP contribution in [0.4, 0.5) is 5.69 Å². The minimum atomic E-state index is -1.19. The average molecular weight is 437 g/mol. The van der Waals surface area contributed by atoms with Gasteiger partial charge in [-0.3, -0.25) is 14.4 Å². The summed E-state index contributed by atoms with van der Waals surface area (Å²) >= 11 is 0. The summed E-state index contributed by atoms with van der Waals surface area (Å²) in [7, 11) is 0. The third-order valence-corrected chi connectivity index (χ3v) is 7.79. The van der Waals surface area contributed by atoms with Crippen LogP contribution in [0.25, 0.3) is 0 Å². The molecule has 6 heteroatoms. The first kappa shape index (κ1) is 18.6. The normalized spacial score (nSPS) is 27.9. The van der Waals surface area contributed by atoms with E-state index in [1.807, 2.05) is 48.5 Å². The largest absolute Gasteiger partial charge is 0.454 e. The van der Waals surface area contributed by atoms with E-state index in [0.717, 1.165) is 22.3 Å². The Morgan fingerprint density at radius 3 is 2.18 bits per heavy atom. The van der Waals surface area contributed by atoms with Gasteiger partial charge < -0.3 is 9.47 Å². The Bertz CT molecular complexity index is 1360. The molecule has 0 unspecified atom stereocenters. The van der Waals surface area contributed by atoms with Crippen molar-refractivity contribution < 1.29 is 23.9 Å². The monoisotopic (exact) mass is 437 g/mol. The molecule has 0 saturated carbocycles. The standard InChI is InChI=1S/C27H19NO5/c1-14(29)27-18-8-4-2-6-16(18)22(17-7-3-5-9-19(17)27)23-24(27)26(31)28(25(23)30)15-10-11-20-21(12-15)33-13-32-20/h2-12,22-24H,13H2,1H3/t22?,23-,24-,27?/m1/s1. The number of Topliss-reactive ketones (excluding diaryl/α,β-unsaturated/α-hetero) is 1. The first-order valence-corrected chi connectivity index (χ1v) is 11.0.